The molecule has 16 heteroatoms. The van der Waals surface area contributed by atoms with Gasteiger partial charge in [-0.1, -0.05) is 21.5 Å². The van der Waals surface area contributed by atoms with E-state index in [4.69, 9.17) is 27.7 Å². The molecular formula is C16H22N2O11S3. The average molecular weight is 515 g/mol. The normalized spacial score (nSPS) is 36.4. The molecule has 1 aromatic carbocycles. The Hall–Kier alpha value is -1.21. The topological polar surface area (TPSA) is 179 Å². The van der Waals surface area contributed by atoms with Gasteiger partial charge in [-0.25, -0.2) is 5.14 Å². The number of aryl methyl sites for hydroxylation is 1. The van der Waals surface area contributed by atoms with Crippen molar-refractivity contribution in [2.75, 3.05) is 13.2 Å². The number of fused-ring (bicyclic) bond motifs is 3. The molecule has 0 bridgehead atoms. The Labute approximate surface area is 186 Å². The van der Waals surface area contributed by atoms with Gasteiger partial charge in [0, 0.05) is 0 Å². The van der Waals surface area contributed by atoms with Crippen molar-refractivity contribution in [3.63, 3.8) is 0 Å². The number of ether oxygens (including phenoxy) is 3. The Morgan fingerprint density at radius 1 is 1.19 bits per heavy atom. The highest BCUT2D eigenvalue weighted by Crippen LogP contribution is 2.46. The molecule has 3 aliphatic heterocycles. The zero-order valence-corrected chi connectivity index (χ0v) is 19.6. The molecule has 13 nitrogen and oxygen atoms in total. The van der Waals surface area contributed by atoms with E-state index in [0.29, 0.717) is 0 Å². The van der Waals surface area contributed by atoms with Crippen LogP contribution in [0.2, 0.25) is 0 Å². The average Bonchev–Trinajstić information content (AvgIpc) is 3.12. The minimum atomic E-state index is -4.39. The van der Waals surface area contributed by atoms with Gasteiger partial charge in [-0.05, 0) is 32.9 Å². The molecule has 0 amide bonds. The number of rotatable bonds is 5. The third-order valence-corrected chi connectivity index (χ3v) is 8.62. The molecule has 3 heterocycles. The van der Waals surface area contributed by atoms with Crippen LogP contribution in [0.4, 0.5) is 0 Å². The van der Waals surface area contributed by atoms with Crippen LogP contribution in [0, 0.1) is 6.92 Å². The minimum absolute atomic E-state index is 0.193. The first kappa shape index (κ1) is 23.9. The highest BCUT2D eigenvalue weighted by atomic mass is 32.3. The van der Waals surface area contributed by atoms with Gasteiger partial charge in [0.1, 0.15) is 24.9 Å². The van der Waals surface area contributed by atoms with Crippen LogP contribution in [0.25, 0.3) is 0 Å². The van der Waals surface area contributed by atoms with Crippen LogP contribution < -0.4 is 5.14 Å². The second kappa shape index (κ2) is 7.66. The van der Waals surface area contributed by atoms with E-state index in [1.807, 2.05) is 0 Å². The maximum atomic E-state index is 13.1. The molecular weight excluding hydrogens is 492 g/mol. The van der Waals surface area contributed by atoms with E-state index in [1.54, 1.807) is 19.1 Å². The molecule has 3 saturated heterocycles. The van der Waals surface area contributed by atoms with Gasteiger partial charge in [0.2, 0.25) is 5.79 Å². The van der Waals surface area contributed by atoms with Crippen LogP contribution in [0.15, 0.2) is 32.9 Å². The predicted octanol–water partition coefficient (Wildman–Crippen LogP) is -0.136. The van der Waals surface area contributed by atoms with E-state index >= 15 is 0 Å². The monoisotopic (exact) mass is 514 g/mol. The summed E-state index contributed by atoms with van der Waals surface area (Å²) in [6.45, 7) is 3.85. The summed E-state index contributed by atoms with van der Waals surface area (Å²) in [6, 6.07) is 5.75. The molecule has 3 aliphatic rings. The van der Waals surface area contributed by atoms with Crippen molar-refractivity contribution in [3.8, 4) is 0 Å². The number of hydrogen-bond acceptors (Lipinski definition) is 11. The second-order valence-electron chi connectivity index (χ2n) is 7.90. The van der Waals surface area contributed by atoms with Gasteiger partial charge >= 0.3 is 20.6 Å². The van der Waals surface area contributed by atoms with E-state index in [-0.39, 0.29) is 11.5 Å². The number of benzene rings is 1. The van der Waals surface area contributed by atoms with Gasteiger partial charge in [-0.3, -0.25) is 12.5 Å². The van der Waals surface area contributed by atoms with Crippen molar-refractivity contribution < 1.29 is 47.8 Å². The molecule has 0 radical (unpaired) electrons. The van der Waals surface area contributed by atoms with Gasteiger partial charge < -0.3 is 14.2 Å². The van der Waals surface area contributed by atoms with E-state index in [2.05, 4.69) is 7.95 Å². The molecule has 0 aliphatic carbocycles. The fraction of sp³-hybridized carbons (Fsp3) is 0.625. The smallest absolute Gasteiger partial charge is 0.333 e. The molecule has 1 unspecified atom stereocenters. The zero-order chi connectivity index (χ0) is 23.6. The third kappa shape index (κ3) is 4.70. The van der Waals surface area contributed by atoms with Crippen molar-refractivity contribution in [1.29, 1.82) is 0 Å². The molecule has 32 heavy (non-hydrogen) atoms. The first-order valence-electron chi connectivity index (χ1n) is 9.28. The van der Waals surface area contributed by atoms with E-state index in [1.165, 1.54) is 26.0 Å². The Morgan fingerprint density at radius 3 is 2.47 bits per heavy atom. The SMILES string of the molecule is Cc1ccc(S(=O)(=O)N=S2(=O)O[C@@H]3[C@@H](CO[C@@]4(COS(N)(=O)=O)OC(C)(C)O[C@@H]34)O2)cc1. The fourth-order valence-electron chi connectivity index (χ4n) is 3.58. The van der Waals surface area contributed by atoms with E-state index < -0.39 is 67.1 Å². The summed E-state index contributed by atoms with van der Waals surface area (Å²) in [7, 11) is -12.9. The molecule has 5 atom stereocenters. The number of nitrogens with two attached hydrogens (primary N) is 1. The molecule has 4 rings (SSSR count). The Kier molecular flexibility index (Phi) is 5.73. The summed E-state index contributed by atoms with van der Waals surface area (Å²) < 4.78 is 96.8. The van der Waals surface area contributed by atoms with Gasteiger partial charge in [-0.15, -0.1) is 0 Å². The van der Waals surface area contributed by atoms with Gasteiger partial charge in [-0.2, -0.15) is 21.0 Å². The fourth-order valence-corrected chi connectivity index (χ4v) is 7.00. The minimum Gasteiger partial charge on any atom is -0.343 e. The molecule has 0 saturated carbocycles. The van der Waals surface area contributed by atoms with Crippen LogP contribution in [-0.2, 0) is 57.4 Å². The largest absolute Gasteiger partial charge is 0.343 e. The molecule has 0 aromatic heterocycles. The molecule has 3 fully saturated rings. The molecule has 2 N–H and O–H groups in total. The van der Waals surface area contributed by atoms with Crippen molar-refractivity contribution in [1.82, 2.24) is 0 Å². The second-order valence-corrected chi connectivity index (χ2v) is 12.4. The van der Waals surface area contributed by atoms with Crippen molar-refractivity contribution >= 4 is 30.6 Å². The van der Waals surface area contributed by atoms with Crippen LogP contribution in [0.5, 0.6) is 0 Å². The summed E-state index contributed by atoms with van der Waals surface area (Å²) in [5, 5.41) is 4.90. The van der Waals surface area contributed by atoms with E-state index in [0.717, 1.165) is 5.56 Å². The van der Waals surface area contributed by atoms with Crippen molar-refractivity contribution in [2.45, 2.75) is 55.6 Å². The number of sulfonamides is 1. The molecule has 1 aromatic rings. The first-order chi connectivity index (χ1) is 14.6. The van der Waals surface area contributed by atoms with Crippen LogP contribution >= 0.6 is 0 Å². The third-order valence-electron chi connectivity index (χ3n) is 4.83. The lowest BCUT2D eigenvalue weighted by Gasteiger charge is -2.39. The first-order valence-corrected chi connectivity index (χ1v) is 13.6. The summed E-state index contributed by atoms with van der Waals surface area (Å²) in [6.07, 6.45) is -3.40. The lowest BCUT2D eigenvalue weighted by molar-refractivity contribution is -0.290. The van der Waals surface area contributed by atoms with Gasteiger partial charge in [0.05, 0.1) is 11.5 Å². The van der Waals surface area contributed by atoms with E-state index in [9.17, 15) is 21.0 Å². The lowest BCUT2D eigenvalue weighted by atomic mass is 9.98. The Bertz CT molecular complexity index is 1240. The van der Waals surface area contributed by atoms with Gasteiger partial charge in [0.15, 0.2) is 5.79 Å². The highest BCUT2D eigenvalue weighted by Gasteiger charge is 2.66. The highest BCUT2D eigenvalue weighted by molar-refractivity contribution is 7.99. The number of nitrogens with zero attached hydrogens (tertiary/aromatic N) is 1. The summed E-state index contributed by atoms with van der Waals surface area (Å²) in [4.78, 5) is -0.193. The van der Waals surface area contributed by atoms with Gasteiger partial charge in [0.25, 0.3) is 10.0 Å². The molecule has 180 valence electrons. The van der Waals surface area contributed by atoms with Crippen molar-refractivity contribution in [2.24, 2.45) is 8.91 Å². The molecule has 0 spiro atoms. The maximum absolute atomic E-state index is 13.1. The summed E-state index contributed by atoms with van der Waals surface area (Å²) in [5.41, 5.74) is 0.823. The maximum Gasteiger partial charge on any atom is 0.333 e. The summed E-state index contributed by atoms with van der Waals surface area (Å²) >= 11 is 0. The quantitative estimate of drug-likeness (QED) is 0.553. The predicted molar refractivity (Wildman–Crippen MR) is 106 cm³/mol. The lowest BCUT2D eigenvalue weighted by Crippen LogP contribution is -2.60. The standard InChI is InChI=1S/C16H22N2O11S3/c1-10-4-6-11(7-5-10)30(19,20)18-32(23)27-12-8-24-16(9-25-31(17,21)22)14(13(12)28-32)26-15(2,3)29-16/h4-7,12-14H,8-9H2,1-3H3,(H2,17,21,22)/t12-,13-,14+,16+,32?/m1/s1. The van der Waals surface area contributed by atoms with Crippen LogP contribution in [0.3, 0.4) is 0 Å². The Morgan fingerprint density at radius 2 is 1.84 bits per heavy atom. The van der Waals surface area contributed by atoms with Crippen molar-refractivity contribution in [3.05, 3.63) is 29.8 Å². The van der Waals surface area contributed by atoms with Crippen LogP contribution in [-0.4, -0.2) is 64.1 Å². The Balaban J connectivity index is 1.65. The van der Waals surface area contributed by atoms with Crippen LogP contribution in [0.1, 0.15) is 19.4 Å². The number of hydrogen-bond donors (Lipinski definition) is 1. The zero-order valence-electron chi connectivity index (χ0n) is 17.2. The summed E-state index contributed by atoms with van der Waals surface area (Å²) in [5.74, 6) is -3.07.